The fraction of sp³-hybridized carbons (Fsp3) is 0.143. The highest BCUT2D eigenvalue weighted by Gasteiger charge is 2.13. The Hall–Kier alpha value is -3.06. The molecule has 0 fully saturated rings. The Balaban J connectivity index is 0.000000169. The second-order valence-electron chi connectivity index (χ2n) is 8.53. The Kier molecular flexibility index (Phi) is 7.65. The average Bonchev–Trinajstić information content (AvgIpc) is 2.85. The molecule has 0 radical (unpaired) electrons. The minimum absolute atomic E-state index is 0. The SMILES string of the molecule is CN(C)c1ccc2nc3ccc(=[N+](C)C)cc-3sc2c1.[Cl-].c1ccc2c(c1)Nc1ccccc1S2. The summed E-state index contributed by atoms with van der Waals surface area (Å²) in [6, 6.07) is 29.6. The van der Waals surface area contributed by atoms with Crippen LogP contribution in [0.1, 0.15) is 0 Å². The highest BCUT2D eigenvalue weighted by Crippen LogP contribution is 2.43. The van der Waals surface area contributed by atoms with Crippen LogP contribution in [0.25, 0.3) is 20.8 Å². The van der Waals surface area contributed by atoms with E-state index in [0.717, 1.165) is 11.2 Å². The maximum Gasteiger partial charge on any atom is 0.201 e. The van der Waals surface area contributed by atoms with Crippen LogP contribution in [0.2, 0.25) is 0 Å². The Labute approximate surface area is 220 Å². The highest BCUT2D eigenvalue weighted by molar-refractivity contribution is 7.99. The van der Waals surface area contributed by atoms with E-state index in [1.165, 1.54) is 41.8 Å². The van der Waals surface area contributed by atoms with Crippen LogP contribution < -0.4 is 32.6 Å². The van der Waals surface area contributed by atoms with Gasteiger partial charge < -0.3 is 22.6 Å². The van der Waals surface area contributed by atoms with Crippen LogP contribution in [0.3, 0.4) is 0 Å². The summed E-state index contributed by atoms with van der Waals surface area (Å²) in [5.41, 5.74) is 5.74. The van der Waals surface area contributed by atoms with Gasteiger partial charge in [-0.3, -0.25) is 0 Å². The van der Waals surface area contributed by atoms with E-state index in [1.54, 1.807) is 11.3 Å². The van der Waals surface area contributed by atoms with Crippen molar-refractivity contribution < 1.29 is 12.4 Å². The minimum atomic E-state index is 0. The molecule has 1 aliphatic carbocycles. The minimum Gasteiger partial charge on any atom is -1.00 e. The standard InChI is InChI=1S/C16H18N3S.C12H9NS.ClH/c1-18(2)11-5-7-13-15(9-11)20-16-10-12(19(3)4)6-8-14(16)17-13;1-3-7-11-9(5-1)13-10-6-2-4-8-12(10)14-11;/h5-10H,1-4H3;1-8,13H;1H/q+1;;/p-1. The molecule has 0 spiro atoms. The lowest BCUT2D eigenvalue weighted by Crippen LogP contribution is -3.00. The van der Waals surface area contributed by atoms with Crippen molar-refractivity contribution in [2.24, 2.45) is 0 Å². The van der Waals surface area contributed by atoms with Crippen LogP contribution in [-0.4, -0.2) is 33.2 Å². The van der Waals surface area contributed by atoms with E-state index in [0.29, 0.717) is 0 Å². The molecule has 3 aliphatic rings. The van der Waals surface area contributed by atoms with Crippen molar-refractivity contribution in [1.29, 1.82) is 0 Å². The van der Waals surface area contributed by atoms with Crippen LogP contribution in [0, 0.1) is 0 Å². The predicted molar refractivity (Wildman–Crippen MR) is 148 cm³/mol. The highest BCUT2D eigenvalue weighted by atomic mass is 35.5. The third kappa shape index (κ3) is 5.45. The van der Waals surface area contributed by atoms with Crippen molar-refractivity contribution in [2.75, 3.05) is 38.4 Å². The number of para-hydroxylation sites is 2. The molecule has 0 bridgehead atoms. The van der Waals surface area contributed by atoms with Gasteiger partial charge in [-0.25, -0.2) is 9.56 Å². The van der Waals surface area contributed by atoms with Gasteiger partial charge in [0.15, 0.2) is 0 Å². The number of anilines is 3. The maximum absolute atomic E-state index is 4.75. The lowest BCUT2D eigenvalue weighted by Gasteiger charge is -2.19. The van der Waals surface area contributed by atoms with Gasteiger partial charge in [0.1, 0.15) is 14.1 Å². The van der Waals surface area contributed by atoms with Gasteiger partial charge in [-0.1, -0.05) is 36.0 Å². The molecule has 2 heterocycles. The van der Waals surface area contributed by atoms with Gasteiger partial charge in [0.2, 0.25) is 5.36 Å². The van der Waals surface area contributed by atoms with Crippen LogP contribution in [-0.2, 0) is 0 Å². The van der Waals surface area contributed by atoms with Gasteiger partial charge in [-0.05, 0) is 48.5 Å². The monoisotopic (exact) mass is 518 g/mol. The average molecular weight is 519 g/mol. The molecule has 0 aromatic heterocycles. The smallest absolute Gasteiger partial charge is 0.201 e. The molecule has 4 nitrogen and oxygen atoms in total. The van der Waals surface area contributed by atoms with E-state index < -0.39 is 0 Å². The molecule has 178 valence electrons. The molecule has 1 N–H and O–H groups in total. The third-order valence-corrected chi connectivity index (χ3v) is 7.89. The molecule has 7 heteroatoms. The van der Waals surface area contributed by atoms with Gasteiger partial charge in [-0.15, -0.1) is 11.3 Å². The molecular formula is C28H27ClN4S2. The largest absolute Gasteiger partial charge is 1.00 e. The van der Waals surface area contributed by atoms with Crippen molar-refractivity contribution in [3.8, 4) is 10.6 Å². The summed E-state index contributed by atoms with van der Waals surface area (Å²) >= 11 is 3.62. The van der Waals surface area contributed by atoms with Crippen molar-refractivity contribution >= 4 is 50.4 Å². The Morgan fingerprint density at radius 3 is 2.09 bits per heavy atom. The Morgan fingerprint density at radius 2 is 1.46 bits per heavy atom. The van der Waals surface area contributed by atoms with Gasteiger partial charge in [0.25, 0.3) is 0 Å². The number of hydrogen-bond acceptors (Lipinski definition) is 5. The molecule has 0 amide bonds. The summed E-state index contributed by atoms with van der Waals surface area (Å²) in [4.78, 5) is 10.7. The van der Waals surface area contributed by atoms with E-state index >= 15 is 0 Å². The first-order chi connectivity index (χ1) is 16.5. The molecule has 0 unspecified atom stereocenters. The lowest BCUT2D eigenvalue weighted by molar-refractivity contribution is -0.00000674. The normalized spacial score (nSPS) is 11.3. The summed E-state index contributed by atoms with van der Waals surface area (Å²) in [7, 11) is 8.24. The molecule has 0 saturated heterocycles. The zero-order valence-electron chi connectivity index (χ0n) is 20.1. The number of fused-ring (bicyclic) bond motifs is 4. The quantitative estimate of drug-likeness (QED) is 0.267. The van der Waals surface area contributed by atoms with Crippen molar-refractivity contribution in [1.82, 2.24) is 9.56 Å². The number of nitrogens with one attached hydrogen (secondary N) is 1. The molecule has 35 heavy (non-hydrogen) atoms. The van der Waals surface area contributed by atoms with Gasteiger partial charge >= 0.3 is 0 Å². The van der Waals surface area contributed by atoms with Gasteiger partial charge in [0.05, 0.1) is 32.2 Å². The molecule has 0 atom stereocenters. The topological polar surface area (TPSA) is 31.2 Å². The summed E-state index contributed by atoms with van der Waals surface area (Å²) in [6.45, 7) is 0. The second kappa shape index (κ2) is 10.7. The molecular weight excluding hydrogens is 492 g/mol. The molecule has 3 aromatic rings. The first kappa shape index (κ1) is 25.0. The van der Waals surface area contributed by atoms with Crippen LogP contribution in [0.4, 0.5) is 17.1 Å². The van der Waals surface area contributed by atoms with Crippen molar-refractivity contribution in [3.63, 3.8) is 0 Å². The van der Waals surface area contributed by atoms with Crippen molar-refractivity contribution in [3.05, 3.63) is 90.3 Å². The number of benzene rings is 4. The van der Waals surface area contributed by atoms with Crippen LogP contribution >= 0.6 is 23.1 Å². The number of nitrogens with zero attached hydrogens (tertiary/aromatic N) is 3. The van der Waals surface area contributed by atoms with Gasteiger partial charge in [-0.2, -0.15) is 0 Å². The van der Waals surface area contributed by atoms with Crippen molar-refractivity contribution in [2.45, 2.75) is 9.79 Å². The number of hydrogen-bond donors (Lipinski definition) is 1. The van der Waals surface area contributed by atoms with E-state index in [1.807, 2.05) is 11.8 Å². The summed E-state index contributed by atoms with van der Waals surface area (Å²) in [5.74, 6) is 0. The van der Waals surface area contributed by atoms with E-state index in [4.69, 9.17) is 4.98 Å². The van der Waals surface area contributed by atoms with Crippen LogP contribution in [0.5, 0.6) is 0 Å². The summed E-state index contributed by atoms with van der Waals surface area (Å²) in [5, 5.41) is 4.63. The van der Waals surface area contributed by atoms with Gasteiger partial charge in [0, 0.05) is 41.7 Å². The number of rotatable bonds is 1. The first-order valence-electron chi connectivity index (χ1n) is 11.1. The zero-order chi connectivity index (χ0) is 23.7. The Morgan fingerprint density at radius 1 is 0.800 bits per heavy atom. The Bertz CT molecular complexity index is 1440. The number of halogens is 1. The van der Waals surface area contributed by atoms with Crippen LogP contribution in [0.15, 0.2) is 94.7 Å². The molecule has 3 aromatic carbocycles. The lowest BCUT2D eigenvalue weighted by atomic mass is 10.2. The first-order valence-corrected chi connectivity index (χ1v) is 12.8. The zero-order valence-corrected chi connectivity index (χ0v) is 22.5. The molecule has 0 saturated carbocycles. The van der Waals surface area contributed by atoms with E-state index in [9.17, 15) is 0 Å². The number of aromatic nitrogens is 1. The fourth-order valence-electron chi connectivity index (χ4n) is 3.74. The fourth-order valence-corrected chi connectivity index (χ4v) is 5.76. The summed E-state index contributed by atoms with van der Waals surface area (Å²) in [6.07, 6.45) is 0. The predicted octanol–water partition coefficient (Wildman–Crippen LogP) is 3.40. The molecule has 2 aliphatic heterocycles. The third-order valence-electron chi connectivity index (χ3n) is 5.64. The van der Waals surface area contributed by atoms with E-state index in [-0.39, 0.29) is 12.4 Å². The summed E-state index contributed by atoms with van der Waals surface area (Å²) < 4.78 is 3.34. The molecule has 6 rings (SSSR count). The second-order valence-corrected chi connectivity index (χ2v) is 10.7. The maximum atomic E-state index is 4.75. The van der Waals surface area contributed by atoms with E-state index in [2.05, 4.69) is 128 Å².